The number of hydrogen-bond donors (Lipinski definition) is 0. The highest BCUT2D eigenvalue weighted by atomic mass is 16.3. The molecule has 0 amide bonds. The van der Waals surface area contributed by atoms with Gasteiger partial charge in [0.1, 0.15) is 11.2 Å². The summed E-state index contributed by atoms with van der Waals surface area (Å²) >= 11 is 0. The van der Waals surface area contributed by atoms with Crippen LogP contribution in [0.4, 0.5) is 0 Å². The molecule has 0 bridgehead atoms. The molecule has 3 nitrogen and oxygen atoms in total. The topological polar surface area (TPSA) is 20.9 Å². The van der Waals surface area contributed by atoms with Crippen LogP contribution in [-0.4, -0.2) is 0 Å². The number of furan rings is 1. The van der Waals surface area contributed by atoms with Crippen LogP contribution in [0, 0.1) is 0 Å². The lowest BCUT2D eigenvalue weighted by Crippen LogP contribution is -2.53. The zero-order chi connectivity index (χ0) is 24.5. The van der Waals surface area contributed by atoms with E-state index < -0.39 is 0 Å². The Balaban J connectivity index is 1.46. The van der Waals surface area contributed by atoms with Gasteiger partial charge >= 0.3 is 0 Å². The zero-order valence-corrected chi connectivity index (χ0v) is 20.5. The molecule has 0 N–H and O–H groups in total. The third-order valence-corrected chi connectivity index (χ3v) is 8.32. The van der Waals surface area contributed by atoms with Crippen molar-refractivity contribution in [2.45, 2.75) is 24.8 Å². The molecule has 2 atom stereocenters. The summed E-state index contributed by atoms with van der Waals surface area (Å²) in [6, 6.07) is 34.9. The normalized spacial score (nSPS) is 18.1. The summed E-state index contributed by atoms with van der Waals surface area (Å²) < 4.78 is 11.1. The molecule has 3 heteroatoms. The van der Waals surface area contributed by atoms with Crippen LogP contribution in [0.5, 0.6) is 0 Å². The maximum Gasteiger partial charge on any atom is 0.249 e. The second kappa shape index (κ2) is 7.75. The number of hydrogen-bond acceptors (Lipinski definition) is 1. The van der Waals surface area contributed by atoms with Gasteiger partial charge in [0.25, 0.3) is 0 Å². The molecule has 6 aromatic rings. The van der Waals surface area contributed by atoms with E-state index in [1.807, 2.05) is 12.1 Å². The molecular weight excluding hydrogens is 452 g/mol. The third-order valence-electron chi connectivity index (χ3n) is 8.32. The minimum Gasteiger partial charge on any atom is -0.456 e. The van der Waals surface area contributed by atoms with Crippen LogP contribution in [0.1, 0.15) is 29.5 Å². The van der Waals surface area contributed by atoms with Gasteiger partial charge in [-0.3, -0.25) is 0 Å². The molecular formula is C34H26N2O+2. The van der Waals surface area contributed by atoms with Gasteiger partial charge in [-0.1, -0.05) is 54.6 Å². The van der Waals surface area contributed by atoms with Crippen molar-refractivity contribution >= 4 is 27.6 Å². The second-order valence-electron chi connectivity index (χ2n) is 10.2. The van der Waals surface area contributed by atoms with E-state index in [-0.39, 0.29) is 6.04 Å². The van der Waals surface area contributed by atoms with Gasteiger partial charge in [0.05, 0.1) is 17.4 Å². The predicted octanol–water partition coefficient (Wildman–Crippen LogP) is 7.25. The third kappa shape index (κ3) is 2.94. The number of rotatable bonds is 0. The van der Waals surface area contributed by atoms with Crippen LogP contribution in [0.3, 0.4) is 0 Å². The number of aromatic nitrogens is 2. The second-order valence-corrected chi connectivity index (χ2v) is 10.2. The molecule has 2 aliphatic rings. The Morgan fingerprint density at radius 2 is 1.51 bits per heavy atom. The summed E-state index contributed by atoms with van der Waals surface area (Å²) in [7, 11) is 0. The van der Waals surface area contributed by atoms with Gasteiger partial charge in [0, 0.05) is 28.6 Å². The van der Waals surface area contributed by atoms with Crippen molar-refractivity contribution in [1.29, 1.82) is 0 Å². The van der Waals surface area contributed by atoms with E-state index in [4.69, 9.17) is 11.0 Å². The molecule has 0 spiro atoms. The Labute approximate surface area is 215 Å². The maximum absolute atomic E-state index is 6.33. The Morgan fingerprint density at radius 3 is 2.46 bits per heavy atom. The molecule has 3 aromatic heterocycles. The van der Waals surface area contributed by atoms with Crippen molar-refractivity contribution in [3.05, 3.63) is 127 Å². The standard InChI is InChI=1S/C34H26N2O/c1-22-34-28(25-12-4-5-13-26(25)30-15-8-9-19-35(30)34)18-17-23-10-2-3-11-24(23)31-20-33-29(21-36(22)31)27-14-6-7-16-32(27)37-33/h2-16,19-21,28,34H,1,17-18H2/q+2. The smallest absolute Gasteiger partial charge is 0.249 e. The molecule has 0 fully saturated rings. The van der Waals surface area contributed by atoms with E-state index in [0.717, 1.165) is 46.2 Å². The van der Waals surface area contributed by atoms with Crippen LogP contribution >= 0.6 is 0 Å². The molecule has 37 heavy (non-hydrogen) atoms. The summed E-state index contributed by atoms with van der Waals surface area (Å²) in [5.74, 6) is 0.312. The minimum atomic E-state index is 0.0970. The van der Waals surface area contributed by atoms with E-state index in [9.17, 15) is 0 Å². The average molecular weight is 479 g/mol. The molecule has 3 aromatic carbocycles. The van der Waals surface area contributed by atoms with Crippen LogP contribution in [-0.2, 0) is 6.42 Å². The number of fused-ring (bicyclic) bond motifs is 12. The number of nitrogens with zero attached hydrogens (tertiary/aromatic N) is 2. The first-order chi connectivity index (χ1) is 18.3. The van der Waals surface area contributed by atoms with Crippen molar-refractivity contribution in [1.82, 2.24) is 0 Å². The SMILES string of the molecule is C=C1C2C(CCc3ccccc3-c3cc4oc5ccccc5c4c[n+]31)c1ccccc1-c1cccc[n+]12. The summed E-state index contributed by atoms with van der Waals surface area (Å²) in [5, 5.41) is 2.25. The van der Waals surface area contributed by atoms with Gasteiger partial charge in [-0.25, -0.2) is 0 Å². The average Bonchev–Trinajstić information content (AvgIpc) is 3.33. The van der Waals surface area contributed by atoms with Gasteiger partial charge in [0.15, 0.2) is 12.4 Å². The quantitative estimate of drug-likeness (QED) is 0.211. The van der Waals surface area contributed by atoms with E-state index in [1.165, 1.54) is 27.9 Å². The van der Waals surface area contributed by atoms with Crippen molar-refractivity contribution < 1.29 is 13.6 Å². The largest absolute Gasteiger partial charge is 0.456 e. The first-order valence-electron chi connectivity index (χ1n) is 13.0. The molecule has 176 valence electrons. The maximum atomic E-state index is 6.33. The number of pyridine rings is 2. The van der Waals surface area contributed by atoms with Gasteiger partial charge in [-0.15, -0.1) is 0 Å². The molecule has 2 unspecified atom stereocenters. The molecule has 0 aliphatic carbocycles. The molecule has 0 radical (unpaired) electrons. The predicted molar refractivity (Wildman–Crippen MR) is 147 cm³/mol. The highest BCUT2D eigenvalue weighted by molar-refractivity contribution is 6.04. The highest BCUT2D eigenvalue weighted by Crippen LogP contribution is 2.45. The summed E-state index contributed by atoms with van der Waals surface area (Å²) in [4.78, 5) is 0. The van der Waals surface area contributed by atoms with Gasteiger partial charge in [0.2, 0.25) is 23.1 Å². The van der Waals surface area contributed by atoms with Crippen molar-refractivity contribution in [3.8, 4) is 22.5 Å². The molecule has 0 saturated carbocycles. The molecule has 8 rings (SSSR count). The van der Waals surface area contributed by atoms with E-state index in [0.29, 0.717) is 5.92 Å². The summed E-state index contributed by atoms with van der Waals surface area (Å²) in [6.45, 7) is 4.81. The first-order valence-corrected chi connectivity index (χ1v) is 13.0. The van der Waals surface area contributed by atoms with Crippen LogP contribution in [0.2, 0.25) is 0 Å². The lowest BCUT2D eigenvalue weighted by molar-refractivity contribution is -0.727. The molecule has 2 aliphatic heterocycles. The Morgan fingerprint density at radius 1 is 0.730 bits per heavy atom. The van der Waals surface area contributed by atoms with E-state index in [2.05, 4.69) is 106 Å². The summed E-state index contributed by atoms with van der Waals surface area (Å²) in [6.07, 6.45) is 6.53. The van der Waals surface area contributed by atoms with E-state index in [1.54, 1.807) is 0 Å². The fraction of sp³-hybridized carbons (Fsp3) is 0.118. The van der Waals surface area contributed by atoms with Crippen molar-refractivity contribution in [3.63, 3.8) is 0 Å². The zero-order valence-electron chi connectivity index (χ0n) is 20.5. The molecule has 5 heterocycles. The number of allylic oxidation sites excluding steroid dienone is 1. The lowest BCUT2D eigenvalue weighted by atomic mass is 9.78. The fourth-order valence-corrected chi connectivity index (χ4v) is 6.65. The van der Waals surface area contributed by atoms with Crippen molar-refractivity contribution in [2.75, 3.05) is 0 Å². The van der Waals surface area contributed by atoms with Gasteiger partial charge in [-0.2, -0.15) is 9.13 Å². The number of benzene rings is 3. The summed E-state index contributed by atoms with van der Waals surface area (Å²) in [5.41, 5.74) is 10.6. The van der Waals surface area contributed by atoms with Crippen LogP contribution < -0.4 is 9.13 Å². The Kier molecular flexibility index (Phi) is 4.33. The van der Waals surface area contributed by atoms with Crippen LogP contribution in [0.25, 0.3) is 50.2 Å². The van der Waals surface area contributed by atoms with Gasteiger partial charge < -0.3 is 4.42 Å². The monoisotopic (exact) mass is 478 g/mol. The number of para-hydroxylation sites is 1. The highest BCUT2D eigenvalue weighted by Gasteiger charge is 2.46. The minimum absolute atomic E-state index is 0.0970. The lowest BCUT2D eigenvalue weighted by Gasteiger charge is -2.29. The van der Waals surface area contributed by atoms with Gasteiger partial charge in [-0.05, 0) is 54.8 Å². The van der Waals surface area contributed by atoms with E-state index >= 15 is 0 Å². The fourth-order valence-electron chi connectivity index (χ4n) is 6.65. The van der Waals surface area contributed by atoms with Crippen molar-refractivity contribution in [2.24, 2.45) is 0 Å². The first kappa shape index (κ1) is 20.7. The number of aryl methyl sites for hydroxylation is 1. The Bertz CT molecular complexity index is 1880. The Hall–Kier alpha value is -4.50. The molecule has 0 saturated heterocycles. The van der Waals surface area contributed by atoms with Crippen LogP contribution in [0.15, 0.2) is 120 Å².